The van der Waals surface area contributed by atoms with Crippen molar-refractivity contribution in [3.8, 4) is 5.75 Å². The second kappa shape index (κ2) is 5.83. The number of aromatic hydroxyl groups is 1. The second-order valence-electron chi connectivity index (χ2n) is 5.97. The number of phenolic OH excluding ortho intramolecular Hbond substituents is 1. The first-order valence-corrected chi connectivity index (χ1v) is 7.23. The van der Waals surface area contributed by atoms with Crippen molar-refractivity contribution in [3.63, 3.8) is 0 Å². The Labute approximate surface area is 120 Å². The highest BCUT2D eigenvalue weighted by molar-refractivity contribution is 5.77. The number of amides is 1. The van der Waals surface area contributed by atoms with Crippen LogP contribution in [0.1, 0.15) is 44.2 Å². The SMILES string of the molecule is CC(c1ccccc1O)N(C)C(=O)CC1(CN)CCC1. The van der Waals surface area contributed by atoms with Crippen LogP contribution in [0.4, 0.5) is 0 Å². The molecule has 1 saturated carbocycles. The molecule has 110 valence electrons. The highest BCUT2D eigenvalue weighted by Gasteiger charge is 2.38. The maximum atomic E-state index is 12.4. The van der Waals surface area contributed by atoms with Gasteiger partial charge in [0.25, 0.3) is 0 Å². The van der Waals surface area contributed by atoms with Crippen LogP contribution in [0.25, 0.3) is 0 Å². The molecule has 1 aromatic rings. The van der Waals surface area contributed by atoms with Gasteiger partial charge in [0.05, 0.1) is 6.04 Å². The van der Waals surface area contributed by atoms with Gasteiger partial charge in [0.2, 0.25) is 5.91 Å². The van der Waals surface area contributed by atoms with Crippen LogP contribution < -0.4 is 5.73 Å². The zero-order chi connectivity index (χ0) is 14.8. The van der Waals surface area contributed by atoms with E-state index in [9.17, 15) is 9.90 Å². The van der Waals surface area contributed by atoms with Crippen LogP contribution >= 0.6 is 0 Å². The van der Waals surface area contributed by atoms with Crippen molar-refractivity contribution >= 4 is 5.91 Å². The molecular weight excluding hydrogens is 252 g/mol. The van der Waals surface area contributed by atoms with Gasteiger partial charge in [-0.2, -0.15) is 0 Å². The molecule has 0 saturated heterocycles. The van der Waals surface area contributed by atoms with Crippen molar-refractivity contribution in [2.45, 2.75) is 38.6 Å². The second-order valence-corrected chi connectivity index (χ2v) is 5.97. The predicted molar refractivity (Wildman–Crippen MR) is 79.2 cm³/mol. The van der Waals surface area contributed by atoms with Crippen LogP contribution in [0, 0.1) is 5.41 Å². The minimum Gasteiger partial charge on any atom is -0.508 e. The number of carbonyl (C=O) groups excluding carboxylic acids is 1. The number of nitrogens with zero attached hydrogens (tertiary/aromatic N) is 1. The van der Waals surface area contributed by atoms with Gasteiger partial charge in [-0.1, -0.05) is 24.6 Å². The Morgan fingerprint density at radius 3 is 2.60 bits per heavy atom. The van der Waals surface area contributed by atoms with Crippen LogP contribution in [0.5, 0.6) is 5.75 Å². The molecule has 2 rings (SSSR count). The number of hydrogen-bond donors (Lipinski definition) is 2. The summed E-state index contributed by atoms with van der Waals surface area (Å²) in [4.78, 5) is 14.1. The highest BCUT2D eigenvalue weighted by atomic mass is 16.3. The summed E-state index contributed by atoms with van der Waals surface area (Å²) in [5.41, 5.74) is 6.61. The molecule has 4 heteroatoms. The molecule has 20 heavy (non-hydrogen) atoms. The Morgan fingerprint density at radius 1 is 1.45 bits per heavy atom. The van der Waals surface area contributed by atoms with Gasteiger partial charge in [0, 0.05) is 19.0 Å². The number of nitrogens with two attached hydrogens (primary N) is 1. The van der Waals surface area contributed by atoms with E-state index in [1.165, 1.54) is 6.42 Å². The van der Waals surface area contributed by atoms with Gasteiger partial charge >= 0.3 is 0 Å². The molecule has 1 atom stereocenters. The van der Waals surface area contributed by atoms with Crippen molar-refractivity contribution in [1.82, 2.24) is 4.90 Å². The molecule has 1 aliphatic rings. The smallest absolute Gasteiger partial charge is 0.223 e. The minimum atomic E-state index is -0.140. The van der Waals surface area contributed by atoms with Crippen LogP contribution in [-0.4, -0.2) is 29.5 Å². The van der Waals surface area contributed by atoms with E-state index in [2.05, 4.69) is 0 Å². The first-order valence-electron chi connectivity index (χ1n) is 7.23. The molecule has 0 radical (unpaired) electrons. The Bertz CT molecular complexity index is 478. The maximum absolute atomic E-state index is 12.4. The first kappa shape index (κ1) is 14.9. The Hall–Kier alpha value is -1.55. The molecule has 0 aromatic heterocycles. The van der Waals surface area contributed by atoms with E-state index in [4.69, 9.17) is 5.73 Å². The number of benzene rings is 1. The fourth-order valence-corrected chi connectivity index (χ4v) is 2.84. The zero-order valence-electron chi connectivity index (χ0n) is 12.3. The van der Waals surface area contributed by atoms with Gasteiger partial charge < -0.3 is 15.7 Å². The molecular formula is C16H24N2O2. The molecule has 1 unspecified atom stereocenters. The lowest BCUT2D eigenvalue weighted by molar-refractivity contribution is -0.135. The largest absolute Gasteiger partial charge is 0.508 e. The molecule has 0 aliphatic heterocycles. The number of rotatable bonds is 5. The lowest BCUT2D eigenvalue weighted by Crippen LogP contribution is -2.42. The third-order valence-electron chi connectivity index (χ3n) is 4.73. The maximum Gasteiger partial charge on any atom is 0.223 e. The Morgan fingerprint density at radius 2 is 2.10 bits per heavy atom. The van der Waals surface area contributed by atoms with Crippen molar-refractivity contribution in [2.75, 3.05) is 13.6 Å². The van der Waals surface area contributed by atoms with Gasteiger partial charge in [-0.3, -0.25) is 4.79 Å². The summed E-state index contributed by atoms with van der Waals surface area (Å²) in [6.07, 6.45) is 3.78. The summed E-state index contributed by atoms with van der Waals surface area (Å²) in [5.74, 6) is 0.336. The van der Waals surface area contributed by atoms with Crippen molar-refractivity contribution in [2.24, 2.45) is 11.1 Å². The van der Waals surface area contributed by atoms with E-state index in [0.717, 1.165) is 18.4 Å². The fraction of sp³-hybridized carbons (Fsp3) is 0.562. The number of carbonyl (C=O) groups is 1. The van der Waals surface area contributed by atoms with E-state index < -0.39 is 0 Å². The zero-order valence-corrected chi connectivity index (χ0v) is 12.3. The Balaban J connectivity index is 2.05. The Kier molecular flexibility index (Phi) is 4.33. The lowest BCUT2D eigenvalue weighted by atomic mass is 9.66. The average molecular weight is 276 g/mol. The number of phenols is 1. The summed E-state index contributed by atoms with van der Waals surface area (Å²) in [6, 6.07) is 7.02. The standard InChI is InChI=1S/C16H24N2O2/c1-12(13-6-3-4-7-14(13)19)18(2)15(20)10-16(11-17)8-5-9-16/h3-4,6-7,12,19H,5,8-11,17H2,1-2H3. The topological polar surface area (TPSA) is 66.6 Å². The number of hydrogen-bond acceptors (Lipinski definition) is 3. The molecule has 1 aliphatic carbocycles. The van der Waals surface area contributed by atoms with E-state index in [1.54, 1.807) is 24.1 Å². The third kappa shape index (κ3) is 2.80. The molecule has 0 bridgehead atoms. The molecule has 0 spiro atoms. The first-order chi connectivity index (χ1) is 9.49. The van der Waals surface area contributed by atoms with E-state index in [1.807, 2.05) is 19.1 Å². The molecule has 0 heterocycles. The van der Waals surface area contributed by atoms with Crippen LogP contribution in [0.3, 0.4) is 0 Å². The van der Waals surface area contributed by atoms with Gasteiger partial charge in [0.15, 0.2) is 0 Å². The summed E-state index contributed by atoms with van der Waals surface area (Å²) in [6.45, 7) is 2.51. The molecule has 1 amide bonds. The van der Waals surface area contributed by atoms with Gasteiger partial charge in [0.1, 0.15) is 5.75 Å². The highest BCUT2D eigenvalue weighted by Crippen LogP contribution is 2.43. The fourth-order valence-electron chi connectivity index (χ4n) is 2.84. The lowest BCUT2D eigenvalue weighted by Gasteiger charge is -2.41. The van der Waals surface area contributed by atoms with Crippen LogP contribution in [0.15, 0.2) is 24.3 Å². The normalized spacial score (nSPS) is 18.1. The number of para-hydroxylation sites is 1. The quantitative estimate of drug-likeness (QED) is 0.868. The average Bonchev–Trinajstić information content (AvgIpc) is 2.41. The third-order valence-corrected chi connectivity index (χ3v) is 4.73. The van der Waals surface area contributed by atoms with Crippen LogP contribution in [-0.2, 0) is 4.79 Å². The predicted octanol–water partition coefficient (Wildman–Crippen LogP) is 2.43. The minimum absolute atomic E-state index is 0.0177. The van der Waals surface area contributed by atoms with E-state index in [0.29, 0.717) is 13.0 Å². The van der Waals surface area contributed by atoms with Gasteiger partial charge in [-0.25, -0.2) is 0 Å². The van der Waals surface area contributed by atoms with Crippen molar-refractivity contribution in [3.05, 3.63) is 29.8 Å². The van der Waals surface area contributed by atoms with Crippen LogP contribution in [0.2, 0.25) is 0 Å². The van der Waals surface area contributed by atoms with Crippen molar-refractivity contribution in [1.29, 1.82) is 0 Å². The van der Waals surface area contributed by atoms with E-state index in [-0.39, 0.29) is 23.1 Å². The molecule has 3 N–H and O–H groups in total. The summed E-state index contributed by atoms with van der Waals surface area (Å²) >= 11 is 0. The van der Waals surface area contributed by atoms with Gasteiger partial charge in [-0.05, 0) is 37.8 Å². The summed E-state index contributed by atoms with van der Waals surface area (Å²) < 4.78 is 0. The summed E-state index contributed by atoms with van der Waals surface area (Å²) in [5, 5.41) is 9.89. The summed E-state index contributed by atoms with van der Waals surface area (Å²) in [7, 11) is 1.79. The molecule has 4 nitrogen and oxygen atoms in total. The van der Waals surface area contributed by atoms with E-state index >= 15 is 0 Å². The van der Waals surface area contributed by atoms with Gasteiger partial charge in [-0.15, -0.1) is 0 Å². The molecule has 1 aromatic carbocycles. The van der Waals surface area contributed by atoms with Crippen molar-refractivity contribution < 1.29 is 9.90 Å². The molecule has 1 fully saturated rings. The monoisotopic (exact) mass is 276 g/mol.